The van der Waals surface area contributed by atoms with Crippen molar-refractivity contribution in [2.24, 2.45) is 0 Å². The fourth-order valence-electron chi connectivity index (χ4n) is 4.97. The number of halogens is 3. The summed E-state index contributed by atoms with van der Waals surface area (Å²) < 4.78 is 50.4. The first-order chi connectivity index (χ1) is 19.2. The van der Waals surface area contributed by atoms with Crippen molar-refractivity contribution in [3.8, 4) is 5.75 Å². The molecular weight excluding hydrogens is 529 g/mol. The molecule has 0 aliphatic carbocycles. The minimum absolute atomic E-state index is 0.0926. The van der Waals surface area contributed by atoms with Gasteiger partial charge in [-0.3, -0.25) is 9.78 Å². The molecule has 0 spiro atoms. The molecule has 2 aromatic carbocycles. The maximum absolute atomic E-state index is 12.8. The van der Waals surface area contributed by atoms with Crippen molar-refractivity contribution in [3.05, 3.63) is 83.7 Å². The number of rotatable bonds is 7. The molecule has 40 heavy (non-hydrogen) atoms. The van der Waals surface area contributed by atoms with Gasteiger partial charge in [-0.25, -0.2) is 4.79 Å². The number of aromatic nitrogens is 1. The molecule has 3 aromatic rings. The van der Waals surface area contributed by atoms with Crippen LogP contribution in [0.15, 0.2) is 66.9 Å². The number of amides is 3. The first-order valence-electron chi connectivity index (χ1n) is 12.7. The molecule has 1 fully saturated rings. The number of carbonyl (C=O) groups excluding carboxylic acids is 2. The van der Waals surface area contributed by atoms with E-state index in [-0.39, 0.29) is 37.1 Å². The number of urea groups is 1. The number of aliphatic hydroxyl groups excluding tert-OH is 1. The number of ether oxygens (including phenoxy) is 2. The number of anilines is 2. The van der Waals surface area contributed by atoms with E-state index in [2.05, 4.69) is 20.9 Å². The molecule has 2 aliphatic rings. The zero-order chi connectivity index (χ0) is 28.3. The van der Waals surface area contributed by atoms with Gasteiger partial charge < -0.3 is 30.5 Å². The highest BCUT2D eigenvalue weighted by molar-refractivity contribution is 5.99. The van der Waals surface area contributed by atoms with Crippen LogP contribution < -0.4 is 20.7 Å². The minimum atomic E-state index is -4.47. The third-order valence-corrected chi connectivity index (χ3v) is 6.83. The predicted octanol–water partition coefficient (Wildman–Crippen LogP) is 4.45. The molecule has 0 saturated carbocycles. The largest absolute Gasteiger partial charge is 0.487 e. The fraction of sp³-hybridized carbons (Fsp3) is 0.321. The van der Waals surface area contributed by atoms with Crippen LogP contribution in [0.3, 0.4) is 0 Å². The maximum Gasteiger partial charge on any atom is 0.416 e. The van der Waals surface area contributed by atoms with Gasteiger partial charge in [-0.05, 0) is 61.0 Å². The molecule has 1 aromatic heterocycles. The van der Waals surface area contributed by atoms with E-state index in [1.54, 1.807) is 30.5 Å². The smallest absolute Gasteiger partial charge is 0.416 e. The Kier molecular flexibility index (Phi) is 7.90. The summed E-state index contributed by atoms with van der Waals surface area (Å²) in [5.41, 5.74) is 1.37. The third-order valence-electron chi connectivity index (χ3n) is 6.83. The molecule has 2 aliphatic heterocycles. The Labute approximate surface area is 227 Å². The molecule has 9 nitrogen and oxygen atoms in total. The molecule has 4 atom stereocenters. The van der Waals surface area contributed by atoms with Gasteiger partial charge in [0.2, 0.25) is 5.91 Å². The van der Waals surface area contributed by atoms with Gasteiger partial charge in [0.25, 0.3) is 0 Å². The summed E-state index contributed by atoms with van der Waals surface area (Å²) in [6, 6.07) is 14.0. The van der Waals surface area contributed by atoms with E-state index in [1.165, 1.54) is 12.1 Å². The average Bonchev–Trinajstić information content (AvgIpc) is 3.30. The first-order valence-corrected chi connectivity index (χ1v) is 12.7. The lowest BCUT2D eigenvalue weighted by Crippen LogP contribution is -2.47. The number of nitrogens with one attached hydrogen (secondary N) is 3. The molecule has 12 heteroatoms. The summed E-state index contributed by atoms with van der Waals surface area (Å²) in [5, 5.41) is 18.0. The van der Waals surface area contributed by atoms with Crippen LogP contribution in [0, 0.1) is 0 Å². The van der Waals surface area contributed by atoms with Gasteiger partial charge in [-0.2, -0.15) is 13.2 Å². The Bertz CT molecular complexity index is 1350. The monoisotopic (exact) mass is 556 g/mol. The van der Waals surface area contributed by atoms with Crippen LogP contribution in [0.1, 0.15) is 35.6 Å². The van der Waals surface area contributed by atoms with Crippen LogP contribution in [-0.4, -0.2) is 46.9 Å². The van der Waals surface area contributed by atoms with Gasteiger partial charge in [-0.15, -0.1) is 0 Å². The molecule has 4 N–H and O–H groups in total. The van der Waals surface area contributed by atoms with E-state index < -0.39 is 36.1 Å². The quantitative estimate of drug-likeness (QED) is 0.341. The van der Waals surface area contributed by atoms with Crippen molar-refractivity contribution in [1.29, 1.82) is 0 Å². The highest BCUT2D eigenvalue weighted by atomic mass is 19.4. The average molecular weight is 557 g/mol. The lowest BCUT2D eigenvalue weighted by atomic mass is 9.84. The number of nitrogens with zero attached hydrogens (tertiary/aromatic N) is 1. The Balaban J connectivity index is 1.22. The number of hydrogen-bond acceptors (Lipinski definition) is 6. The van der Waals surface area contributed by atoms with Crippen LogP contribution in [0.5, 0.6) is 5.75 Å². The van der Waals surface area contributed by atoms with E-state index in [9.17, 15) is 27.9 Å². The summed E-state index contributed by atoms with van der Waals surface area (Å²) in [6.07, 6.45) is -3.81. The van der Waals surface area contributed by atoms with Crippen molar-refractivity contribution in [2.75, 3.05) is 17.2 Å². The number of hydrogen-bond donors (Lipinski definition) is 4. The van der Waals surface area contributed by atoms with Gasteiger partial charge in [0.15, 0.2) is 0 Å². The van der Waals surface area contributed by atoms with Gasteiger partial charge in [0.05, 0.1) is 36.9 Å². The van der Waals surface area contributed by atoms with Crippen molar-refractivity contribution in [2.45, 2.75) is 49.8 Å². The van der Waals surface area contributed by atoms with Crippen LogP contribution in [0.4, 0.5) is 29.3 Å². The van der Waals surface area contributed by atoms with E-state index in [0.29, 0.717) is 17.9 Å². The standard InChI is InChI=1S/C28H27F3N4O5/c29-28(30,31)16-4-6-17(7-5-16)34-27(38)35-18-8-9-23-21(11-18)22-12-20(39-24(15-36)26(22)40-23)13-25(37)33-14-19-3-1-2-10-32-19/h1-11,20,22,24,26,36H,12-15H2,(H,33,37)(H2,34,35,38)/t20-,22+,24+,26-/m0/s1. The Morgan fingerprint density at radius 2 is 1.77 bits per heavy atom. The summed E-state index contributed by atoms with van der Waals surface area (Å²) in [5.74, 6) is 0.195. The van der Waals surface area contributed by atoms with Crippen molar-refractivity contribution < 1.29 is 37.3 Å². The number of aliphatic hydroxyl groups is 1. The van der Waals surface area contributed by atoms with Gasteiger partial charge in [-0.1, -0.05) is 6.07 Å². The molecule has 3 heterocycles. The van der Waals surface area contributed by atoms with Crippen molar-refractivity contribution in [3.63, 3.8) is 0 Å². The Morgan fingerprint density at radius 1 is 1.02 bits per heavy atom. The zero-order valence-electron chi connectivity index (χ0n) is 21.1. The fourth-order valence-corrected chi connectivity index (χ4v) is 4.97. The van der Waals surface area contributed by atoms with E-state index >= 15 is 0 Å². The number of pyridine rings is 1. The number of carbonyl (C=O) groups is 2. The number of fused-ring (bicyclic) bond motifs is 3. The molecule has 1 saturated heterocycles. The Morgan fingerprint density at radius 3 is 2.48 bits per heavy atom. The summed E-state index contributed by atoms with van der Waals surface area (Å²) in [7, 11) is 0. The third kappa shape index (κ3) is 6.35. The maximum atomic E-state index is 12.8. The molecule has 210 valence electrons. The molecule has 5 rings (SSSR count). The SMILES string of the molecule is O=C(C[C@@H]1C[C@@H]2c3cc(NC(=O)Nc4ccc(C(F)(F)F)cc4)ccc3O[C@@H]2[C@@H](CO)O1)NCc1ccccn1. The lowest BCUT2D eigenvalue weighted by Gasteiger charge is -2.37. The van der Waals surface area contributed by atoms with Crippen LogP contribution in [0.2, 0.25) is 0 Å². The lowest BCUT2D eigenvalue weighted by molar-refractivity contribution is -0.142. The summed E-state index contributed by atoms with van der Waals surface area (Å²) >= 11 is 0. The van der Waals surface area contributed by atoms with E-state index in [0.717, 1.165) is 23.4 Å². The second-order valence-electron chi connectivity index (χ2n) is 9.61. The number of alkyl halides is 3. The highest BCUT2D eigenvalue weighted by Crippen LogP contribution is 2.47. The van der Waals surface area contributed by atoms with E-state index in [1.807, 2.05) is 12.1 Å². The molecule has 3 amide bonds. The topological polar surface area (TPSA) is 122 Å². The molecule has 0 radical (unpaired) electrons. The summed E-state index contributed by atoms with van der Waals surface area (Å²) in [4.78, 5) is 29.3. The van der Waals surface area contributed by atoms with Crippen molar-refractivity contribution >= 4 is 23.3 Å². The predicted molar refractivity (Wildman–Crippen MR) is 139 cm³/mol. The molecular formula is C28H27F3N4O5. The first kappa shape index (κ1) is 27.4. The van der Waals surface area contributed by atoms with E-state index in [4.69, 9.17) is 9.47 Å². The second-order valence-corrected chi connectivity index (χ2v) is 9.61. The summed E-state index contributed by atoms with van der Waals surface area (Å²) in [6.45, 7) is -0.000756. The zero-order valence-corrected chi connectivity index (χ0v) is 21.1. The Hall–Kier alpha value is -4.16. The molecule has 0 bridgehead atoms. The van der Waals surface area contributed by atoms with Crippen LogP contribution in [0.25, 0.3) is 0 Å². The van der Waals surface area contributed by atoms with Gasteiger partial charge >= 0.3 is 12.2 Å². The second kappa shape index (κ2) is 11.5. The van der Waals surface area contributed by atoms with Crippen molar-refractivity contribution in [1.82, 2.24) is 10.3 Å². The molecule has 0 unspecified atom stereocenters. The highest BCUT2D eigenvalue weighted by Gasteiger charge is 2.46. The van der Waals surface area contributed by atoms with Crippen LogP contribution in [-0.2, 0) is 22.3 Å². The minimum Gasteiger partial charge on any atom is -0.487 e. The van der Waals surface area contributed by atoms with Crippen LogP contribution >= 0.6 is 0 Å². The van der Waals surface area contributed by atoms with Gasteiger partial charge in [0.1, 0.15) is 18.0 Å². The van der Waals surface area contributed by atoms with Gasteiger partial charge in [0, 0.05) is 29.1 Å². The normalized spacial score (nSPS) is 21.5. The number of benzene rings is 2.